The first-order valence-electron chi connectivity index (χ1n) is 8.00. The van der Waals surface area contributed by atoms with E-state index >= 15 is 0 Å². The van der Waals surface area contributed by atoms with Crippen LogP contribution in [0.15, 0.2) is 24.3 Å². The van der Waals surface area contributed by atoms with Gasteiger partial charge in [-0.1, -0.05) is 0 Å². The van der Waals surface area contributed by atoms with E-state index < -0.39 is 5.54 Å². The molecule has 7 heteroatoms. The normalized spacial score (nSPS) is 15.4. The average Bonchev–Trinajstić information content (AvgIpc) is 2.92. The first-order chi connectivity index (χ1) is 11.3. The molecule has 0 unspecified atom stereocenters. The van der Waals surface area contributed by atoms with E-state index in [1.165, 1.54) is 6.21 Å². The number of amides is 1. The van der Waals surface area contributed by atoms with Crippen molar-refractivity contribution in [3.8, 4) is 0 Å². The lowest BCUT2D eigenvalue weighted by Gasteiger charge is -2.18. The predicted octanol–water partition coefficient (Wildman–Crippen LogP) is 1.33. The number of nitrogens with one attached hydrogen (secondary N) is 2. The third-order valence-electron chi connectivity index (χ3n) is 3.71. The maximum absolute atomic E-state index is 12.1. The quantitative estimate of drug-likeness (QED) is 0.276. The highest BCUT2D eigenvalue weighted by atomic mass is 32.1. The number of rotatable bonds is 5. The number of benzene rings is 1. The molecule has 2 N–H and O–H groups in total. The lowest BCUT2D eigenvalue weighted by atomic mass is 10.1. The smallest absolute Gasteiger partial charge is 0.251 e. The van der Waals surface area contributed by atoms with Crippen molar-refractivity contribution in [3.63, 3.8) is 0 Å². The average molecular weight is 348 g/mol. The molecule has 1 aliphatic rings. The molecule has 1 amide bonds. The zero-order chi connectivity index (χ0) is 17.7. The van der Waals surface area contributed by atoms with Gasteiger partial charge >= 0.3 is 0 Å². The minimum Gasteiger partial charge on any atom is -0.623 e. The fourth-order valence-electron chi connectivity index (χ4n) is 2.18. The van der Waals surface area contributed by atoms with Crippen LogP contribution in [0.2, 0.25) is 0 Å². The summed E-state index contributed by atoms with van der Waals surface area (Å²) in [6, 6.07) is 6.98. The molecule has 1 saturated heterocycles. The van der Waals surface area contributed by atoms with E-state index in [-0.39, 0.29) is 5.91 Å². The molecule has 0 bridgehead atoms. The Morgan fingerprint density at radius 3 is 2.62 bits per heavy atom. The van der Waals surface area contributed by atoms with Gasteiger partial charge in [-0.05, 0) is 36.5 Å². The van der Waals surface area contributed by atoms with Crippen LogP contribution in [0.4, 0.5) is 0 Å². The number of hydrogen-bond donors (Lipinski definition) is 2. The molecule has 0 atom stereocenters. The van der Waals surface area contributed by atoms with Gasteiger partial charge < -0.3 is 20.7 Å². The van der Waals surface area contributed by atoms with Crippen molar-refractivity contribution in [1.82, 2.24) is 15.5 Å². The number of carbonyl (C=O) groups is 1. The Labute approximate surface area is 148 Å². The summed E-state index contributed by atoms with van der Waals surface area (Å²) in [7, 11) is 0. The van der Waals surface area contributed by atoms with E-state index in [1.54, 1.807) is 24.3 Å². The van der Waals surface area contributed by atoms with Crippen molar-refractivity contribution in [2.45, 2.75) is 26.3 Å². The fourth-order valence-corrected chi connectivity index (χ4v) is 2.47. The Balaban J connectivity index is 1.88. The molecular weight excluding hydrogens is 324 g/mol. The van der Waals surface area contributed by atoms with E-state index in [0.717, 1.165) is 28.5 Å². The standard InChI is InChI=1S/C17H24N4O2S/c1-17(2,3)21(23)12-13-4-6-14(7-5-13)15(22)18-8-10-20-11-9-19-16(20)24/h4-7,12H,8-11H2,1-3H3,(H,18,22)(H,19,24)/b21-12-. The van der Waals surface area contributed by atoms with Gasteiger partial charge in [0.25, 0.3) is 5.91 Å². The Hall–Kier alpha value is -2.15. The monoisotopic (exact) mass is 348 g/mol. The molecule has 130 valence electrons. The van der Waals surface area contributed by atoms with Crippen LogP contribution in [0.25, 0.3) is 0 Å². The highest BCUT2D eigenvalue weighted by molar-refractivity contribution is 7.80. The van der Waals surface area contributed by atoms with E-state index in [1.807, 2.05) is 25.7 Å². The van der Waals surface area contributed by atoms with E-state index in [0.29, 0.717) is 18.7 Å². The van der Waals surface area contributed by atoms with Crippen LogP contribution in [0.1, 0.15) is 36.7 Å². The largest absolute Gasteiger partial charge is 0.623 e. The first-order valence-corrected chi connectivity index (χ1v) is 8.40. The molecule has 1 aromatic rings. The van der Waals surface area contributed by atoms with E-state index in [4.69, 9.17) is 12.2 Å². The Kier molecular flexibility index (Phi) is 5.77. The second-order valence-electron chi connectivity index (χ2n) is 6.72. The van der Waals surface area contributed by atoms with Crippen LogP contribution in [-0.2, 0) is 0 Å². The molecule has 1 aliphatic heterocycles. The molecule has 0 radical (unpaired) electrons. The van der Waals surface area contributed by atoms with Crippen LogP contribution >= 0.6 is 12.2 Å². The maximum Gasteiger partial charge on any atom is 0.251 e. The second kappa shape index (κ2) is 7.61. The molecular formula is C17H24N4O2S. The molecule has 0 saturated carbocycles. The van der Waals surface area contributed by atoms with Gasteiger partial charge in [0.05, 0.1) is 0 Å². The topological polar surface area (TPSA) is 70.4 Å². The lowest BCUT2D eigenvalue weighted by molar-refractivity contribution is -0.530. The van der Waals surface area contributed by atoms with Crippen molar-refractivity contribution in [1.29, 1.82) is 0 Å². The molecule has 2 rings (SSSR count). The van der Waals surface area contributed by atoms with Crippen molar-refractivity contribution in [3.05, 3.63) is 40.6 Å². The molecule has 24 heavy (non-hydrogen) atoms. The van der Waals surface area contributed by atoms with Gasteiger partial charge in [-0.2, -0.15) is 0 Å². The Bertz CT molecular complexity index is 635. The van der Waals surface area contributed by atoms with Crippen LogP contribution < -0.4 is 10.6 Å². The van der Waals surface area contributed by atoms with Crippen molar-refractivity contribution in [2.24, 2.45) is 0 Å². The first kappa shape index (κ1) is 18.2. The van der Waals surface area contributed by atoms with Crippen molar-refractivity contribution in [2.75, 3.05) is 26.2 Å². The zero-order valence-electron chi connectivity index (χ0n) is 14.3. The molecule has 1 heterocycles. The van der Waals surface area contributed by atoms with Gasteiger partial charge in [0.15, 0.2) is 16.9 Å². The maximum atomic E-state index is 12.1. The van der Waals surface area contributed by atoms with Crippen LogP contribution in [0.5, 0.6) is 0 Å². The number of nitrogens with zero attached hydrogens (tertiary/aromatic N) is 2. The van der Waals surface area contributed by atoms with Crippen LogP contribution in [0.3, 0.4) is 0 Å². The third kappa shape index (κ3) is 4.92. The molecule has 1 fully saturated rings. The zero-order valence-corrected chi connectivity index (χ0v) is 15.2. The molecule has 0 spiro atoms. The fraction of sp³-hybridized carbons (Fsp3) is 0.471. The highest BCUT2D eigenvalue weighted by Gasteiger charge is 2.18. The van der Waals surface area contributed by atoms with Crippen molar-refractivity contribution >= 4 is 29.5 Å². The van der Waals surface area contributed by atoms with Crippen molar-refractivity contribution < 1.29 is 9.53 Å². The van der Waals surface area contributed by atoms with E-state index in [2.05, 4.69) is 10.6 Å². The summed E-state index contributed by atoms with van der Waals surface area (Å²) < 4.78 is 0.912. The number of thiocarbonyl (C=S) groups is 1. The summed E-state index contributed by atoms with van der Waals surface area (Å²) in [6.45, 7) is 8.50. The summed E-state index contributed by atoms with van der Waals surface area (Å²) in [5.74, 6) is -0.130. The van der Waals surface area contributed by atoms with Crippen LogP contribution in [-0.4, -0.2) is 58.6 Å². The summed E-state index contributed by atoms with van der Waals surface area (Å²) in [5.41, 5.74) is 0.855. The summed E-state index contributed by atoms with van der Waals surface area (Å²) in [6.07, 6.45) is 1.53. The highest BCUT2D eigenvalue weighted by Crippen LogP contribution is 2.07. The van der Waals surface area contributed by atoms with Gasteiger partial charge in [0.2, 0.25) is 0 Å². The minimum absolute atomic E-state index is 0.130. The van der Waals surface area contributed by atoms with Gasteiger partial charge in [-0.15, -0.1) is 0 Å². The predicted molar refractivity (Wildman–Crippen MR) is 99.5 cm³/mol. The third-order valence-corrected chi connectivity index (χ3v) is 4.12. The summed E-state index contributed by atoms with van der Waals surface area (Å²) >= 11 is 5.16. The molecule has 1 aromatic carbocycles. The molecule has 6 nitrogen and oxygen atoms in total. The van der Waals surface area contributed by atoms with Gasteiger partial charge in [0.1, 0.15) is 0 Å². The summed E-state index contributed by atoms with van der Waals surface area (Å²) in [4.78, 5) is 14.2. The number of hydrogen-bond acceptors (Lipinski definition) is 3. The molecule has 0 aromatic heterocycles. The van der Waals surface area contributed by atoms with Gasteiger partial charge in [-0.3, -0.25) is 4.79 Å². The SMILES string of the molecule is CC(C)(C)/[N+]([O-])=C/c1ccc(C(=O)NCCN2CCNC2=S)cc1. The van der Waals surface area contributed by atoms with Gasteiger partial charge in [0, 0.05) is 58.1 Å². The Morgan fingerprint density at radius 1 is 1.42 bits per heavy atom. The second-order valence-corrected chi connectivity index (χ2v) is 7.11. The lowest BCUT2D eigenvalue weighted by Crippen LogP contribution is -2.36. The molecule has 0 aliphatic carbocycles. The van der Waals surface area contributed by atoms with E-state index in [9.17, 15) is 10.0 Å². The van der Waals surface area contributed by atoms with Crippen LogP contribution in [0, 0.1) is 5.21 Å². The number of carbonyl (C=O) groups excluding carboxylic acids is 1. The number of hydroxylamine groups is 1. The van der Waals surface area contributed by atoms with Gasteiger partial charge in [-0.25, -0.2) is 4.74 Å². The Morgan fingerprint density at radius 2 is 2.08 bits per heavy atom. The minimum atomic E-state index is -0.485. The summed E-state index contributed by atoms with van der Waals surface area (Å²) in [5, 5.41) is 18.6.